The van der Waals surface area contributed by atoms with Crippen LogP contribution >= 0.6 is 0 Å². The molecule has 1 aromatic heterocycles. The van der Waals surface area contributed by atoms with Gasteiger partial charge in [0.05, 0.1) is 0 Å². The van der Waals surface area contributed by atoms with E-state index in [1.807, 2.05) is 0 Å². The van der Waals surface area contributed by atoms with Crippen LogP contribution < -0.4 is 4.90 Å². The Kier molecular flexibility index (Phi) is 4.33. The summed E-state index contributed by atoms with van der Waals surface area (Å²) in [5.41, 5.74) is -2.74. The molecule has 1 N–H and O–H groups in total. The van der Waals surface area contributed by atoms with Crippen molar-refractivity contribution in [2.45, 2.75) is 18.7 Å². The topological polar surface area (TPSA) is 52.5 Å². The number of rotatable bonds is 3. The van der Waals surface area contributed by atoms with E-state index < -0.39 is 24.3 Å². The summed E-state index contributed by atoms with van der Waals surface area (Å²) in [4.78, 5) is 10.6. The zero-order valence-corrected chi connectivity index (χ0v) is 11.4. The van der Waals surface area contributed by atoms with Crippen LogP contribution in [0.2, 0.25) is 0 Å². The molecule has 0 saturated carbocycles. The first-order valence-corrected chi connectivity index (χ1v) is 6.43. The Labute approximate surface area is 119 Å². The predicted octanol–water partition coefficient (Wildman–Crippen LogP) is 1.05. The lowest BCUT2D eigenvalue weighted by atomic mass is 10.1. The highest BCUT2D eigenvalue weighted by Crippen LogP contribution is 2.31. The van der Waals surface area contributed by atoms with Crippen LogP contribution in [0.1, 0.15) is 6.92 Å². The number of anilines is 1. The van der Waals surface area contributed by atoms with Crippen molar-refractivity contribution in [2.75, 3.05) is 37.6 Å². The first-order chi connectivity index (χ1) is 9.69. The van der Waals surface area contributed by atoms with Gasteiger partial charge in [-0.1, -0.05) is 0 Å². The van der Waals surface area contributed by atoms with Crippen LogP contribution in [0.15, 0.2) is 12.4 Å². The van der Waals surface area contributed by atoms with Gasteiger partial charge in [-0.2, -0.15) is 17.6 Å². The molecule has 21 heavy (non-hydrogen) atoms. The number of alkyl halides is 3. The summed E-state index contributed by atoms with van der Waals surface area (Å²) in [6.45, 7) is 1.76. The lowest BCUT2D eigenvalue weighted by molar-refractivity contribution is -0.257. The minimum absolute atomic E-state index is 0.331. The maximum atomic E-state index is 13.0. The summed E-state index contributed by atoms with van der Waals surface area (Å²) >= 11 is 0. The highest BCUT2D eigenvalue weighted by molar-refractivity contribution is 5.37. The van der Waals surface area contributed by atoms with Gasteiger partial charge in [-0.25, -0.2) is 9.97 Å². The summed E-state index contributed by atoms with van der Waals surface area (Å²) in [6.07, 6.45) is -3.56. The van der Waals surface area contributed by atoms with Crippen molar-refractivity contribution in [1.82, 2.24) is 14.9 Å². The summed E-state index contributed by atoms with van der Waals surface area (Å²) in [5.74, 6) is -0.243. The fraction of sp³-hybridized carbons (Fsp3) is 0.667. The van der Waals surface area contributed by atoms with Crippen molar-refractivity contribution in [2.24, 2.45) is 0 Å². The molecule has 0 unspecified atom stereocenters. The highest BCUT2D eigenvalue weighted by Gasteiger charge is 2.50. The second kappa shape index (κ2) is 5.72. The molecule has 0 aromatic carbocycles. The van der Waals surface area contributed by atoms with E-state index in [1.165, 1.54) is 11.0 Å². The summed E-state index contributed by atoms with van der Waals surface area (Å²) in [7, 11) is 0. The Hall–Kier alpha value is -1.48. The van der Waals surface area contributed by atoms with Crippen molar-refractivity contribution in [3.8, 4) is 0 Å². The quantitative estimate of drug-likeness (QED) is 0.668. The van der Waals surface area contributed by atoms with Gasteiger partial charge in [-0.05, 0) is 6.92 Å². The molecule has 1 fully saturated rings. The summed E-state index contributed by atoms with van der Waals surface area (Å²) in [6, 6.07) is 1.18. The molecule has 5 nitrogen and oxygen atoms in total. The van der Waals surface area contributed by atoms with Crippen molar-refractivity contribution < 1.29 is 22.7 Å². The van der Waals surface area contributed by atoms with Gasteiger partial charge in [-0.15, -0.1) is 0 Å². The Morgan fingerprint density at radius 1 is 1.19 bits per heavy atom. The molecule has 1 saturated heterocycles. The minimum atomic E-state index is -4.67. The zero-order valence-electron chi connectivity index (χ0n) is 11.4. The lowest BCUT2D eigenvalue weighted by Crippen LogP contribution is -2.56. The monoisotopic (exact) mass is 308 g/mol. The average molecular weight is 308 g/mol. The molecule has 0 amide bonds. The molecule has 1 atom stereocenters. The fourth-order valence-corrected chi connectivity index (χ4v) is 2.16. The molecule has 9 heteroatoms. The van der Waals surface area contributed by atoms with Crippen molar-refractivity contribution in [1.29, 1.82) is 0 Å². The number of halogens is 4. The third-order valence-corrected chi connectivity index (χ3v) is 3.46. The van der Waals surface area contributed by atoms with Crippen LogP contribution in [0.5, 0.6) is 0 Å². The van der Waals surface area contributed by atoms with Crippen LogP contribution in [0.4, 0.5) is 23.4 Å². The second-order valence-electron chi connectivity index (χ2n) is 5.23. The highest BCUT2D eigenvalue weighted by atomic mass is 19.4. The van der Waals surface area contributed by atoms with Crippen molar-refractivity contribution in [3.63, 3.8) is 0 Å². The Morgan fingerprint density at radius 2 is 1.81 bits per heavy atom. The van der Waals surface area contributed by atoms with Crippen LogP contribution in [0, 0.1) is 5.95 Å². The van der Waals surface area contributed by atoms with Gasteiger partial charge >= 0.3 is 6.18 Å². The molecule has 0 aliphatic carbocycles. The van der Waals surface area contributed by atoms with Crippen molar-refractivity contribution >= 4 is 5.82 Å². The van der Waals surface area contributed by atoms with Gasteiger partial charge < -0.3 is 10.0 Å². The first-order valence-electron chi connectivity index (χ1n) is 6.43. The van der Waals surface area contributed by atoms with Gasteiger partial charge in [0.1, 0.15) is 12.1 Å². The molecule has 2 rings (SSSR count). The van der Waals surface area contributed by atoms with E-state index in [1.54, 1.807) is 4.90 Å². The molecule has 1 aliphatic rings. The van der Waals surface area contributed by atoms with E-state index in [9.17, 15) is 22.7 Å². The Morgan fingerprint density at radius 3 is 2.33 bits per heavy atom. The molecular formula is C12H16F4N4O. The van der Waals surface area contributed by atoms with E-state index in [2.05, 4.69) is 9.97 Å². The van der Waals surface area contributed by atoms with Crippen LogP contribution in [0.25, 0.3) is 0 Å². The molecular weight excluding hydrogens is 292 g/mol. The Bertz CT molecular complexity index is 486. The van der Waals surface area contributed by atoms with E-state index >= 15 is 0 Å². The largest absolute Gasteiger partial charge is 0.418 e. The van der Waals surface area contributed by atoms with Gasteiger partial charge in [0.15, 0.2) is 5.60 Å². The lowest BCUT2D eigenvalue weighted by Gasteiger charge is -2.39. The second-order valence-corrected chi connectivity index (χ2v) is 5.23. The third-order valence-electron chi connectivity index (χ3n) is 3.46. The van der Waals surface area contributed by atoms with Crippen LogP contribution in [0.3, 0.4) is 0 Å². The smallest absolute Gasteiger partial charge is 0.380 e. The number of piperazine rings is 1. The number of hydrogen-bond acceptors (Lipinski definition) is 5. The summed E-state index contributed by atoms with van der Waals surface area (Å²) in [5, 5.41) is 9.47. The van der Waals surface area contributed by atoms with Crippen LogP contribution in [-0.2, 0) is 0 Å². The Balaban J connectivity index is 1.92. The summed E-state index contributed by atoms with van der Waals surface area (Å²) < 4.78 is 50.9. The van der Waals surface area contributed by atoms with Gasteiger partial charge in [0, 0.05) is 38.8 Å². The van der Waals surface area contributed by atoms with Gasteiger partial charge in [0.25, 0.3) is 0 Å². The number of nitrogens with zero attached hydrogens (tertiary/aromatic N) is 4. The molecule has 118 valence electrons. The number of hydrogen-bond donors (Lipinski definition) is 1. The molecule has 0 bridgehead atoms. The third kappa shape index (κ3) is 3.79. The molecule has 2 heterocycles. The number of aromatic nitrogens is 2. The van der Waals surface area contributed by atoms with Gasteiger partial charge in [-0.3, -0.25) is 4.90 Å². The SMILES string of the molecule is C[C@](O)(CN1CCN(c2cc(F)ncn2)CC1)C(F)(F)F. The molecule has 0 radical (unpaired) electrons. The normalized spacial score (nSPS) is 20.4. The van der Waals surface area contributed by atoms with E-state index in [4.69, 9.17) is 0 Å². The standard InChI is InChI=1S/C12H16F4N4O/c1-11(21,12(14,15)16)7-19-2-4-20(5-3-19)10-6-9(13)17-8-18-10/h6,8,21H,2-5,7H2,1H3/t11-/m0/s1. The van der Waals surface area contributed by atoms with E-state index in [0.29, 0.717) is 32.0 Å². The van der Waals surface area contributed by atoms with E-state index in [-0.39, 0.29) is 0 Å². The maximum absolute atomic E-state index is 13.0. The first kappa shape index (κ1) is 15.9. The average Bonchev–Trinajstić information content (AvgIpc) is 2.38. The number of β-amino-alcohol motifs (C(OH)–C–C–N with tert-alkyl or cyclic N) is 1. The van der Waals surface area contributed by atoms with E-state index in [0.717, 1.165) is 13.3 Å². The van der Waals surface area contributed by atoms with Crippen LogP contribution in [-0.4, -0.2) is 64.5 Å². The molecule has 1 aliphatic heterocycles. The number of aliphatic hydroxyl groups is 1. The zero-order chi connectivity index (χ0) is 15.7. The maximum Gasteiger partial charge on any atom is 0.418 e. The molecule has 1 aromatic rings. The molecule has 0 spiro atoms. The van der Waals surface area contributed by atoms with Crippen molar-refractivity contribution in [3.05, 3.63) is 18.3 Å². The van der Waals surface area contributed by atoms with Gasteiger partial charge in [0.2, 0.25) is 5.95 Å². The minimum Gasteiger partial charge on any atom is -0.380 e. The fourth-order valence-electron chi connectivity index (χ4n) is 2.16. The predicted molar refractivity (Wildman–Crippen MR) is 67.3 cm³/mol.